The summed E-state index contributed by atoms with van der Waals surface area (Å²) < 4.78 is 5.56. The van der Waals surface area contributed by atoms with E-state index in [4.69, 9.17) is 4.74 Å². The molecule has 3 nitrogen and oxygen atoms in total. The molecule has 3 heteroatoms. The van der Waals surface area contributed by atoms with Crippen molar-refractivity contribution in [3.8, 4) is 0 Å². The van der Waals surface area contributed by atoms with Gasteiger partial charge in [0.2, 0.25) is 0 Å². The first-order valence-electron chi connectivity index (χ1n) is 6.52. The van der Waals surface area contributed by atoms with Crippen LogP contribution in [-0.4, -0.2) is 50.3 Å². The maximum Gasteiger partial charge on any atom is 0.0700 e. The Balaban J connectivity index is 2.31. The molecule has 0 saturated carbocycles. The van der Waals surface area contributed by atoms with Gasteiger partial charge in [-0.15, -0.1) is 0 Å². The molecule has 3 unspecified atom stereocenters. The Morgan fingerprint density at radius 2 is 2.06 bits per heavy atom. The predicted octanol–water partition coefficient (Wildman–Crippen LogP) is 1.73. The first-order chi connectivity index (χ1) is 7.50. The van der Waals surface area contributed by atoms with Crippen molar-refractivity contribution < 1.29 is 4.74 Å². The van der Waals surface area contributed by atoms with Crippen molar-refractivity contribution in [1.82, 2.24) is 10.2 Å². The average Bonchev–Trinajstić information content (AvgIpc) is 2.57. The number of likely N-dealkylation sites (N-methyl/N-ethyl adjacent to an activating group) is 1. The number of hydrogen-bond donors (Lipinski definition) is 1. The molecule has 16 heavy (non-hydrogen) atoms. The van der Waals surface area contributed by atoms with Crippen LogP contribution in [0.2, 0.25) is 0 Å². The second-order valence-electron chi connectivity index (χ2n) is 5.63. The zero-order valence-corrected chi connectivity index (χ0v) is 11.5. The van der Waals surface area contributed by atoms with Crippen molar-refractivity contribution in [2.45, 2.75) is 51.8 Å². The molecular formula is C13H28N2O. The number of hydrogen-bond acceptors (Lipinski definition) is 3. The summed E-state index contributed by atoms with van der Waals surface area (Å²) in [7, 11) is 4.34. The summed E-state index contributed by atoms with van der Waals surface area (Å²) in [5, 5.41) is 3.65. The van der Waals surface area contributed by atoms with Crippen LogP contribution in [0.1, 0.15) is 33.6 Å². The molecule has 0 amide bonds. The monoisotopic (exact) mass is 228 g/mol. The molecule has 1 N–H and O–H groups in total. The topological polar surface area (TPSA) is 24.5 Å². The number of rotatable bonds is 6. The molecule has 1 fully saturated rings. The smallest absolute Gasteiger partial charge is 0.0700 e. The minimum atomic E-state index is 0.377. The lowest BCUT2D eigenvalue weighted by atomic mass is 10.0. The summed E-state index contributed by atoms with van der Waals surface area (Å²) in [5.74, 6) is 0.756. The molecule has 0 aromatic rings. The summed E-state index contributed by atoms with van der Waals surface area (Å²) in [6.45, 7) is 8.73. The van der Waals surface area contributed by atoms with Gasteiger partial charge in [0.1, 0.15) is 0 Å². The van der Waals surface area contributed by atoms with E-state index in [-0.39, 0.29) is 0 Å². The molecule has 3 atom stereocenters. The molecule has 1 aliphatic heterocycles. The first-order valence-corrected chi connectivity index (χ1v) is 6.52. The molecule has 0 aromatic carbocycles. The number of ether oxygens (including phenoxy) is 1. The van der Waals surface area contributed by atoms with Crippen LogP contribution in [0.4, 0.5) is 0 Å². The highest BCUT2D eigenvalue weighted by molar-refractivity contribution is 4.82. The van der Waals surface area contributed by atoms with Gasteiger partial charge in [-0.1, -0.05) is 13.8 Å². The summed E-state index contributed by atoms with van der Waals surface area (Å²) in [6, 6.07) is 1.18. The Kier molecular flexibility index (Phi) is 5.73. The Morgan fingerprint density at radius 1 is 1.38 bits per heavy atom. The van der Waals surface area contributed by atoms with Crippen LogP contribution in [0.3, 0.4) is 0 Å². The Labute approximate surface area is 101 Å². The Bertz CT molecular complexity index is 194. The second-order valence-corrected chi connectivity index (χ2v) is 5.63. The van der Waals surface area contributed by atoms with Gasteiger partial charge in [0.05, 0.1) is 6.10 Å². The zero-order valence-electron chi connectivity index (χ0n) is 11.5. The minimum Gasteiger partial charge on any atom is -0.377 e. The van der Waals surface area contributed by atoms with E-state index in [1.54, 1.807) is 0 Å². The molecular weight excluding hydrogens is 200 g/mol. The molecule has 0 aliphatic carbocycles. The first kappa shape index (κ1) is 13.9. The van der Waals surface area contributed by atoms with Crippen molar-refractivity contribution in [2.24, 2.45) is 5.92 Å². The largest absolute Gasteiger partial charge is 0.377 e. The lowest BCUT2D eigenvalue weighted by molar-refractivity contribution is 0.111. The van der Waals surface area contributed by atoms with Crippen LogP contribution in [-0.2, 0) is 4.74 Å². The second kappa shape index (κ2) is 6.58. The molecule has 0 aromatic heterocycles. The molecule has 0 spiro atoms. The summed E-state index contributed by atoms with van der Waals surface area (Å²) in [6.07, 6.45) is 2.78. The fraction of sp³-hybridized carbons (Fsp3) is 1.00. The average molecular weight is 228 g/mol. The molecule has 0 bridgehead atoms. The molecule has 1 aliphatic rings. The van der Waals surface area contributed by atoms with Gasteiger partial charge in [0.25, 0.3) is 0 Å². The van der Waals surface area contributed by atoms with Crippen LogP contribution < -0.4 is 5.32 Å². The molecule has 96 valence electrons. The third-order valence-electron chi connectivity index (χ3n) is 3.47. The Hall–Kier alpha value is -0.120. The summed E-state index contributed by atoms with van der Waals surface area (Å²) in [5.41, 5.74) is 0. The molecule has 1 heterocycles. The van der Waals surface area contributed by atoms with Crippen LogP contribution >= 0.6 is 0 Å². The van der Waals surface area contributed by atoms with E-state index in [9.17, 15) is 0 Å². The SMILES string of the molecule is CC(C)CC(CNC1CCOC1C)N(C)C. The van der Waals surface area contributed by atoms with Crippen LogP contribution in [0.15, 0.2) is 0 Å². The highest BCUT2D eigenvalue weighted by Crippen LogP contribution is 2.14. The standard InChI is InChI=1S/C13H28N2O/c1-10(2)8-12(15(4)5)9-14-13-6-7-16-11(13)3/h10-14H,6-9H2,1-5H3. The van der Waals surface area contributed by atoms with Gasteiger partial charge >= 0.3 is 0 Å². The van der Waals surface area contributed by atoms with E-state index in [1.165, 1.54) is 6.42 Å². The summed E-state index contributed by atoms with van der Waals surface area (Å²) >= 11 is 0. The highest BCUT2D eigenvalue weighted by atomic mass is 16.5. The molecule has 1 rings (SSSR count). The van der Waals surface area contributed by atoms with Crippen molar-refractivity contribution in [3.05, 3.63) is 0 Å². The van der Waals surface area contributed by atoms with Crippen LogP contribution in [0, 0.1) is 5.92 Å². The third-order valence-corrected chi connectivity index (χ3v) is 3.47. The number of nitrogens with zero attached hydrogens (tertiary/aromatic N) is 1. The van der Waals surface area contributed by atoms with E-state index < -0.39 is 0 Å². The zero-order chi connectivity index (χ0) is 12.1. The van der Waals surface area contributed by atoms with Gasteiger partial charge in [-0.2, -0.15) is 0 Å². The van der Waals surface area contributed by atoms with Crippen molar-refractivity contribution in [3.63, 3.8) is 0 Å². The normalized spacial score (nSPS) is 27.9. The lowest BCUT2D eigenvalue weighted by Gasteiger charge is -2.28. The van der Waals surface area contributed by atoms with E-state index in [2.05, 4.69) is 45.1 Å². The van der Waals surface area contributed by atoms with Gasteiger partial charge in [-0.3, -0.25) is 0 Å². The van der Waals surface area contributed by atoms with Crippen LogP contribution in [0.25, 0.3) is 0 Å². The van der Waals surface area contributed by atoms with Gasteiger partial charge in [0.15, 0.2) is 0 Å². The van der Waals surface area contributed by atoms with Gasteiger partial charge in [0, 0.05) is 25.2 Å². The number of nitrogens with one attached hydrogen (secondary N) is 1. The van der Waals surface area contributed by atoms with Crippen molar-refractivity contribution in [1.29, 1.82) is 0 Å². The fourth-order valence-electron chi connectivity index (χ4n) is 2.31. The quantitative estimate of drug-likeness (QED) is 0.749. The van der Waals surface area contributed by atoms with Gasteiger partial charge in [-0.05, 0) is 39.8 Å². The van der Waals surface area contributed by atoms with Gasteiger partial charge < -0.3 is 15.0 Å². The van der Waals surface area contributed by atoms with E-state index in [0.29, 0.717) is 18.2 Å². The van der Waals surface area contributed by atoms with Crippen molar-refractivity contribution in [2.75, 3.05) is 27.2 Å². The Morgan fingerprint density at radius 3 is 2.50 bits per heavy atom. The molecule has 1 saturated heterocycles. The van der Waals surface area contributed by atoms with Gasteiger partial charge in [-0.25, -0.2) is 0 Å². The fourth-order valence-corrected chi connectivity index (χ4v) is 2.31. The lowest BCUT2D eigenvalue weighted by Crippen LogP contribution is -2.44. The van der Waals surface area contributed by atoms with E-state index in [0.717, 1.165) is 25.5 Å². The molecule has 0 radical (unpaired) electrons. The minimum absolute atomic E-state index is 0.377. The third kappa shape index (κ3) is 4.40. The summed E-state index contributed by atoms with van der Waals surface area (Å²) in [4.78, 5) is 2.33. The van der Waals surface area contributed by atoms with Crippen molar-refractivity contribution >= 4 is 0 Å². The predicted molar refractivity (Wildman–Crippen MR) is 68.8 cm³/mol. The maximum absolute atomic E-state index is 5.56. The van der Waals surface area contributed by atoms with E-state index in [1.807, 2.05) is 0 Å². The highest BCUT2D eigenvalue weighted by Gasteiger charge is 2.24. The van der Waals surface area contributed by atoms with Crippen LogP contribution in [0.5, 0.6) is 0 Å². The maximum atomic E-state index is 5.56. The van der Waals surface area contributed by atoms with E-state index >= 15 is 0 Å².